The highest BCUT2D eigenvalue weighted by molar-refractivity contribution is 7.99. The van der Waals surface area contributed by atoms with Crippen molar-refractivity contribution in [2.75, 3.05) is 32.1 Å². The van der Waals surface area contributed by atoms with E-state index in [1.54, 1.807) is 30.8 Å². The number of carbonyl (C=O) groups is 2. The molecule has 1 aromatic rings. The first-order valence-corrected chi connectivity index (χ1v) is 8.69. The maximum atomic E-state index is 11.7. The summed E-state index contributed by atoms with van der Waals surface area (Å²) in [5, 5.41) is 11.9. The second kappa shape index (κ2) is 7.24. The Labute approximate surface area is 132 Å². The van der Waals surface area contributed by atoms with E-state index in [0.29, 0.717) is 18.7 Å². The molecule has 0 radical (unpaired) electrons. The average molecular weight is 329 g/mol. The normalized spacial score (nSPS) is 19.4. The van der Waals surface area contributed by atoms with E-state index in [9.17, 15) is 14.7 Å². The third-order valence-corrected chi connectivity index (χ3v) is 5.21. The van der Waals surface area contributed by atoms with Crippen molar-refractivity contribution in [1.29, 1.82) is 0 Å². The molecular weight excluding hydrogens is 310 g/mol. The van der Waals surface area contributed by atoms with E-state index >= 15 is 0 Å². The minimum Gasteiger partial charge on any atom is -0.480 e. The lowest BCUT2D eigenvalue weighted by Gasteiger charge is -2.31. The fraction of sp³-hybridized carbons (Fsp3) is 0.615. The largest absolute Gasteiger partial charge is 0.480 e. The molecule has 1 aromatic heterocycles. The second-order valence-corrected chi connectivity index (χ2v) is 7.19. The van der Waals surface area contributed by atoms with Crippen molar-refractivity contribution < 1.29 is 14.7 Å². The van der Waals surface area contributed by atoms with Crippen LogP contribution in [0.15, 0.2) is 5.38 Å². The number of rotatable bonds is 5. The van der Waals surface area contributed by atoms with Gasteiger partial charge in [0.1, 0.15) is 11.0 Å². The lowest BCUT2D eigenvalue weighted by molar-refractivity contribution is -0.142. The third-order valence-electron chi connectivity index (χ3n) is 3.29. The van der Waals surface area contributed by atoms with Crippen LogP contribution in [0.3, 0.4) is 0 Å². The zero-order chi connectivity index (χ0) is 15.4. The van der Waals surface area contributed by atoms with Crippen LogP contribution < -0.4 is 0 Å². The summed E-state index contributed by atoms with van der Waals surface area (Å²) in [6.07, 6.45) is 0.301. The predicted molar refractivity (Wildman–Crippen MR) is 83.7 cm³/mol. The molecule has 116 valence electrons. The quantitative estimate of drug-likeness (QED) is 0.860. The summed E-state index contributed by atoms with van der Waals surface area (Å²) in [6.45, 7) is 1.29. The Kier molecular flexibility index (Phi) is 5.60. The van der Waals surface area contributed by atoms with E-state index < -0.39 is 12.0 Å². The van der Waals surface area contributed by atoms with Gasteiger partial charge in [-0.1, -0.05) is 0 Å². The maximum Gasteiger partial charge on any atom is 0.321 e. The lowest BCUT2D eigenvalue weighted by atomic mass is 10.2. The molecule has 6 nitrogen and oxygen atoms in total. The van der Waals surface area contributed by atoms with E-state index in [-0.39, 0.29) is 5.91 Å². The molecule has 1 aliphatic rings. The van der Waals surface area contributed by atoms with Crippen LogP contribution in [0.4, 0.5) is 0 Å². The van der Waals surface area contributed by atoms with Gasteiger partial charge in [0, 0.05) is 44.1 Å². The van der Waals surface area contributed by atoms with Crippen LogP contribution in [0.5, 0.6) is 0 Å². The zero-order valence-corrected chi connectivity index (χ0v) is 13.7. The molecule has 8 heteroatoms. The lowest BCUT2D eigenvalue weighted by Crippen LogP contribution is -2.46. The number of nitrogens with zero attached hydrogens (tertiary/aromatic N) is 3. The Morgan fingerprint density at radius 2 is 2.29 bits per heavy atom. The first-order chi connectivity index (χ1) is 9.97. The number of hydrogen-bond donors (Lipinski definition) is 1. The highest BCUT2D eigenvalue weighted by atomic mass is 32.2. The van der Waals surface area contributed by atoms with E-state index in [2.05, 4.69) is 4.98 Å². The molecule has 0 spiro atoms. The van der Waals surface area contributed by atoms with Gasteiger partial charge in [-0.05, 0) is 0 Å². The van der Waals surface area contributed by atoms with E-state index in [1.807, 2.05) is 10.3 Å². The smallest absolute Gasteiger partial charge is 0.321 e. The summed E-state index contributed by atoms with van der Waals surface area (Å²) in [7, 11) is 3.44. The summed E-state index contributed by atoms with van der Waals surface area (Å²) in [5.74, 6) is 0.805. The van der Waals surface area contributed by atoms with Crippen LogP contribution in [-0.4, -0.2) is 70.0 Å². The van der Waals surface area contributed by atoms with Crippen molar-refractivity contribution >= 4 is 35.0 Å². The van der Waals surface area contributed by atoms with Gasteiger partial charge in [0.25, 0.3) is 0 Å². The van der Waals surface area contributed by atoms with Crippen LogP contribution in [0.2, 0.25) is 0 Å². The standard InChI is InChI=1S/C13H19N3O3S2/c1-15(2)12(17)5-11-14-9(7-21-11)6-16-3-4-20-8-10(16)13(18)19/h7,10H,3-6,8H2,1-2H3,(H,18,19). The zero-order valence-electron chi connectivity index (χ0n) is 12.1. The number of thiazole rings is 1. The van der Waals surface area contributed by atoms with Crippen LogP contribution >= 0.6 is 23.1 Å². The van der Waals surface area contributed by atoms with Crippen molar-refractivity contribution in [1.82, 2.24) is 14.8 Å². The van der Waals surface area contributed by atoms with E-state index in [0.717, 1.165) is 23.0 Å². The Bertz CT molecular complexity index is 519. The predicted octanol–water partition coefficient (Wildman–Crippen LogP) is 0.776. The van der Waals surface area contributed by atoms with Crippen molar-refractivity contribution in [3.63, 3.8) is 0 Å². The fourth-order valence-corrected chi connectivity index (χ4v) is 3.94. The van der Waals surface area contributed by atoms with Crippen molar-refractivity contribution in [2.45, 2.75) is 19.0 Å². The first kappa shape index (κ1) is 16.3. The minimum atomic E-state index is -0.777. The van der Waals surface area contributed by atoms with Crippen LogP contribution in [0.1, 0.15) is 10.7 Å². The number of carboxylic acids is 1. The monoisotopic (exact) mass is 329 g/mol. The Hall–Kier alpha value is -1.12. The number of carboxylic acid groups (broad SMARTS) is 1. The number of thioether (sulfide) groups is 1. The summed E-state index contributed by atoms with van der Waals surface area (Å²) >= 11 is 3.13. The van der Waals surface area contributed by atoms with Crippen molar-refractivity contribution in [2.24, 2.45) is 0 Å². The SMILES string of the molecule is CN(C)C(=O)Cc1nc(CN2CCSCC2C(=O)O)cs1. The molecule has 1 unspecified atom stereocenters. The molecule has 1 saturated heterocycles. The van der Waals surface area contributed by atoms with Gasteiger partial charge in [0.05, 0.1) is 12.1 Å². The molecule has 1 atom stereocenters. The number of likely N-dealkylation sites (N-methyl/N-ethyl adjacent to an activating group) is 1. The topological polar surface area (TPSA) is 73.7 Å². The molecule has 0 saturated carbocycles. The van der Waals surface area contributed by atoms with Gasteiger partial charge < -0.3 is 10.0 Å². The van der Waals surface area contributed by atoms with Crippen LogP contribution in [0, 0.1) is 0 Å². The molecule has 2 rings (SSSR count). The summed E-state index contributed by atoms with van der Waals surface area (Å²) in [6, 6.07) is -0.447. The molecule has 1 aliphatic heterocycles. The average Bonchev–Trinajstić information content (AvgIpc) is 2.86. The van der Waals surface area contributed by atoms with Gasteiger partial charge in [-0.25, -0.2) is 4.98 Å². The number of hydrogen-bond acceptors (Lipinski definition) is 6. The fourth-order valence-electron chi connectivity index (χ4n) is 2.05. The second-order valence-electron chi connectivity index (χ2n) is 5.10. The molecule has 2 heterocycles. The highest BCUT2D eigenvalue weighted by Crippen LogP contribution is 2.20. The number of aromatic nitrogens is 1. The third kappa shape index (κ3) is 4.42. The Morgan fingerprint density at radius 3 is 2.95 bits per heavy atom. The molecular formula is C13H19N3O3S2. The molecule has 0 aliphatic carbocycles. The summed E-state index contributed by atoms with van der Waals surface area (Å²) < 4.78 is 0. The van der Waals surface area contributed by atoms with Crippen LogP contribution in [0.25, 0.3) is 0 Å². The van der Waals surface area contributed by atoms with E-state index in [4.69, 9.17) is 0 Å². The minimum absolute atomic E-state index is 0.0219. The van der Waals surface area contributed by atoms with E-state index in [1.165, 1.54) is 11.3 Å². The van der Waals surface area contributed by atoms with Gasteiger partial charge in [-0.15, -0.1) is 11.3 Å². The molecule has 1 fully saturated rings. The molecule has 0 aromatic carbocycles. The molecule has 0 bridgehead atoms. The molecule has 1 amide bonds. The molecule has 21 heavy (non-hydrogen) atoms. The first-order valence-electron chi connectivity index (χ1n) is 6.65. The van der Waals surface area contributed by atoms with Crippen molar-refractivity contribution in [3.8, 4) is 0 Å². The maximum absolute atomic E-state index is 11.7. The highest BCUT2D eigenvalue weighted by Gasteiger charge is 2.29. The number of amides is 1. The van der Waals surface area contributed by atoms with Gasteiger partial charge in [-0.2, -0.15) is 11.8 Å². The summed E-state index contributed by atoms with van der Waals surface area (Å²) in [5.41, 5.74) is 0.847. The van der Waals surface area contributed by atoms with Gasteiger partial charge in [-0.3, -0.25) is 14.5 Å². The number of carbonyl (C=O) groups excluding carboxylic acids is 1. The Balaban J connectivity index is 1.98. The Morgan fingerprint density at radius 1 is 1.52 bits per heavy atom. The van der Waals surface area contributed by atoms with Gasteiger partial charge in [0.15, 0.2) is 0 Å². The molecule has 1 N–H and O–H groups in total. The number of aliphatic carboxylic acids is 1. The van der Waals surface area contributed by atoms with Crippen LogP contribution in [-0.2, 0) is 22.6 Å². The van der Waals surface area contributed by atoms with Crippen molar-refractivity contribution in [3.05, 3.63) is 16.1 Å². The summed E-state index contributed by atoms with van der Waals surface area (Å²) in [4.78, 5) is 30.9. The van der Waals surface area contributed by atoms with Gasteiger partial charge in [0.2, 0.25) is 5.91 Å². The van der Waals surface area contributed by atoms with Gasteiger partial charge >= 0.3 is 5.97 Å².